The zero-order valence-electron chi connectivity index (χ0n) is 14.5. The fraction of sp³-hybridized carbons (Fsp3) is 0.0952. The van der Waals surface area contributed by atoms with Gasteiger partial charge in [-0.25, -0.2) is 4.98 Å². The lowest BCUT2D eigenvalue weighted by molar-refractivity contribution is 0.103. The highest BCUT2D eigenvalue weighted by atomic mass is 16.1. The molecule has 0 amide bonds. The maximum atomic E-state index is 12.6. The van der Waals surface area contributed by atoms with E-state index in [1.165, 1.54) is 6.07 Å². The quantitative estimate of drug-likeness (QED) is 0.578. The number of benzene rings is 2. The zero-order chi connectivity index (χ0) is 18.3. The van der Waals surface area contributed by atoms with Crippen LogP contribution in [0.2, 0.25) is 0 Å². The molecule has 0 fully saturated rings. The monoisotopic (exact) mass is 343 g/mol. The number of hydrogen-bond acceptors (Lipinski definition) is 3. The van der Waals surface area contributed by atoms with Gasteiger partial charge in [0.15, 0.2) is 0 Å². The topological polar surface area (TPSA) is 67.8 Å². The van der Waals surface area contributed by atoms with Crippen molar-refractivity contribution in [2.75, 3.05) is 0 Å². The summed E-state index contributed by atoms with van der Waals surface area (Å²) in [5.74, 6) is 0.627. The van der Waals surface area contributed by atoms with E-state index >= 15 is 0 Å². The third-order valence-electron chi connectivity index (χ3n) is 4.44. The number of hydrogen-bond donors (Lipinski definition) is 1. The molecule has 2 aromatic carbocycles. The fourth-order valence-corrected chi connectivity index (χ4v) is 3.15. The number of aromatic amines is 1. The molecule has 0 saturated carbocycles. The van der Waals surface area contributed by atoms with Crippen molar-refractivity contribution in [2.45, 2.75) is 13.8 Å². The van der Waals surface area contributed by atoms with Crippen LogP contribution in [-0.4, -0.2) is 20.3 Å². The molecule has 0 saturated heterocycles. The number of pyridine rings is 1. The van der Waals surface area contributed by atoms with Crippen LogP contribution >= 0.6 is 0 Å². The van der Waals surface area contributed by atoms with E-state index in [9.17, 15) is 9.59 Å². The average Bonchev–Trinajstić information content (AvgIpc) is 3.04. The lowest BCUT2D eigenvalue weighted by Crippen LogP contribution is -2.04. The molecule has 4 aromatic rings. The molecule has 5 heteroatoms. The third-order valence-corrected chi connectivity index (χ3v) is 4.44. The summed E-state index contributed by atoms with van der Waals surface area (Å²) in [6, 6.07) is 16.4. The maximum Gasteiger partial charge on any atom is 0.248 e. The predicted molar refractivity (Wildman–Crippen MR) is 101 cm³/mol. The first kappa shape index (κ1) is 16.0. The lowest BCUT2D eigenvalue weighted by atomic mass is 10.1. The number of H-pyrrole nitrogens is 1. The Morgan fingerprint density at radius 3 is 2.58 bits per heavy atom. The molecule has 0 aliphatic heterocycles. The molecule has 0 aliphatic rings. The SMILES string of the molecule is Cc1cc(-n2cc(C(=O)c3ccccc3)nc2C)cc2ccc(=O)[nH]c12. The van der Waals surface area contributed by atoms with Gasteiger partial charge in [0.1, 0.15) is 11.5 Å². The normalized spacial score (nSPS) is 11.0. The van der Waals surface area contributed by atoms with Crippen LogP contribution in [0.1, 0.15) is 27.4 Å². The van der Waals surface area contributed by atoms with E-state index in [0.29, 0.717) is 11.3 Å². The van der Waals surface area contributed by atoms with Crippen LogP contribution < -0.4 is 5.56 Å². The van der Waals surface area contributed by atoms with Gasteiger partial charge in [0.05, 0.1) is 5.52 Å². The van der Waals surface area contributed by atoms with E-state index in [2.05, 4.69) is 9.97 Å². The van der Waals surface area contributed by atoms with E-state index in [-0.39, 0.29) is 11.3 Å². The molecular weight excluding hydrogens is 326 g/mol. The van der Waals surface area contributed by atoms with Crippen LogP contribution in [0, 0.1) is 13.8 Å². The second-order valence-corrected chi connectivity index (χ2v) is 6.29. The number of nitrogens with zero attached hydrogens (tertiary/aromatic N) is 2. The van der Waals surface area contributed by atoms with E-state index in [1.54, 1.807) is 24.4 Å². The number of ketones is 1. The first-order valence-electron chi connectivity index (χ1n) is 8.33. The summed E-state index contributed by atoms with van der Waals surface area (Å²) in [6.07, 6.45) is 1.76. The number of carbonyl (C=O) groups is 1. The molecule has 2 aromatic heterocycles. The smallest absolute Gasteiger partial charge is 0.248 e. The van der Waals surface area contributed by atoms with Crippen molar-refractivity contribution < 1.29 is 4.79 Å². The van der Waals surface area contributed by atoms with Gasteiger partial charge in [-0.2, -0.15) is 0 Å². The van der Waals surface area contributed by atoms with Crippen LogP contribution in [-0.2, 0) is 0 Å². The Morgan fingerprint density at radius 2 is 1.81 bits per heavy atom. The number of carbonyl (C=O) groups excluding carboxylic acids is 1. The Labute approximate surface area is 150 Å². The van der Waals surface area contributed by atoms with Gasteiger partial charge >= 0.3 is 0 Å². The van der Waals surface area contributed by atoms with Crippen molar-refractivity contribution in [1.29, 1.82) is 0 Å². The molecule has 0 atom stereocenters. The molecule has 5 nitrogen and oxygen atoms in total. The van der Waals surface area contributed by atoms with Gasteiger partial charge in [-0.3, -0.25) is 9.59 Å². The summed E-state index contributed by atoms with van der Waals surface area (Å²) in [5.41, 5.74) is 3.58. The van der Waals surface area contributed by atoms with Crippen LogP contribution in [0.15, 0.2) is 65.6 Å². The second kappa shape index (κ2) is 6.11. The van der Waals surface area contributed by atoms with Crippen molar-refractivity contribution in [3.05, 3.63) is 93.8 Å². The average molecular weight is 343 g/mol. The first-order valence-corrected chi connectivity index (χ1v) is 8.33. The van der Waals surface area contributed by atoms with E-state index in [4.69, 9.17) is 0 Å². The van der Waals surface area contributed by atoms with Gasteiger partial charge in [0.25, 0.3) is 0 Å². The highest BCUT2D eigenvalue weighted by molar-refractivity contribution is 6.07. The van der Waals surface area contributed by atoms with Crippen LogP contribution in [0.5, 0.6) is 0 Å². The summed E-state index contributed by atoms with van der Waals surface area (Å²) in [5, 5.41) is 0.934. The Bertz CT molecular complexity index is 1190. The minimum Gasteiger partial charge on any atom is -0.322 e. The molecule has 4 rings (SSSR count). The lowest BCUT2D eigenvalue weighted by Gasteiger charge is -2.09. The van der Waals surface area contributed by atoms with Crippen molar-refractivity contribution in [1.82, 2.24) is 14.5 Å². The molecule has 26 heavy (non-hydrogen) atoms. The minimum atomic E-state index is -0.122. The Hall–Kier alpha value is -3.47. The van der Waals surface area contributed by atoms with Crippen LogP contribution in [0.3, 0.4) is 0 Å². The largest absolute Gasteiger partial charge is 0.322 e. The van der Waals surface area contributed by atoms with Crippen molar-refractivity contribution in [3.8, 4) is 5.69 Å². The van der Waals surface area contributed by atoms with Crippen molar-refractivity contribution >= 4 is 16.7 Å². The summed E-state index contributed by atoms with van der Waals surface area (Å²) >= 11 is 0. The number of imidazole rings is 1. The highest BCUT2D eigenvalue weighted by Gasteiger charge is 2.15. The summed E-state index contributed by atoms with van der Waals surface area (Å²) in [7, 11) is 0. The molecule has 128 valence electrons. The van der Waals surface area contributed by atoms with E-state index in [0.717, 1.165) is 28.0 Å². The molecule has 0 spiro atoms. The van der Waals surface area contributed by atoms with E-state index < -0.39 is 0 Å². The minimum absolute atomic E-state index is 0.103. The van der Waals surface area contributed by atoms with Crippen molar-refractivity contribution in [3.63, 3.8) is 0 Å². The van der Waals surface area contributed by atoms with Gasteiger partial charge in [-0.1, -0.05) is 30.3 Å². The number of rotatable bonds is 3. The molecule has 0 aliphatic carbocycles. The molecule has 0 bridgehead atoms. The summed E-state index contributed by atoms with van der Waals surface area (Å²) in [4.78, 5) is 31.5. The molecular formula is C21H17N3O2. The van der Waals surface area contributed by atoms with Crippen LogP contribution in [0.25, 0.3) is 16.6 Å². The zero-order valence-corrected chi connectivity index (χ0v) is 14.5. The number of nitrogens with one attached hydrogen (secondary N) is 1. The van der Waals surface area contributed by atoms with Crippen molar-refractivity contribution in [2.24, 2.45) is 0 Å². The molecule has 0 unspecified atom stereocenters. The molecule has 0 radical (unpaired) electrons. The van der Waals surface area contributed by atoms with E-state index in [1.807, 2.05) is 48.7 Å². The standard InChI is InChI=1S/C21H17N3O2/c1-13-10-17(11-16-8-9-19(25)23-20(13)16)24-12-18(22-14(24)2)21(26)15-6-4-3-5-7-15/h3-12H,1-2H3,(H,23,25). The number of aromatic nitrogens is 3. The van der Waals surface area contributed by atoms with Gasteiger partial charge < -0.3 is 9.55 Å². The third kappa shape index (κ3) is 2.73. The summed E-state index contributed by atoms with van der Waals surface area (Å²) < 4.78 is 1.90. The first-order chi connectivity index (χ1) is 12.5. The number of fused-ring (bicyclic) bond motifs is 1. The van der Waals surface area contributed by atoms with Gasteiger partial charge in [-0.15, -0.1) is 0 Å². The summed E-state index contributed by atoms with van der Waals surface area (Å²) in [6.45, 7) is 3.82. The fourth-order valence-electron chi connectivity index (χ4n) is 3.15. The number of aryl methyl sites for hydroxylation is 2. The van der Waals surface area contributed by atoms with Gasteiger partial charge in [0.2, 0.25) is 11.3 Å². The second-order valence-electron chi connectivity index (χ2n) is 6.29. The van der Waals surface area contributed by atoms with Crippen LogP contribution in [0.4, 0.5) is 0 Å². The van der Waals surface area contributed by atoms with Gasteiger partial charge in [-0.05, 0) is 37.6 Å². The van der Waals surface area contributed by atoms with Gasteiger partial charge in [0, 0.05) is 28.9 Å². The predicted octanol–water partition coefficient (Wildman–Crippen LogP) is 3.56. The molecule has 1 N–H and O–H groups in total. The maximum absolute atomic E-state index is 12.6. The Morgan fingerprint density at radius 1 is 1.04 bits per heavy atom. The highest BCUT2D eigenvalue weighted by Crippen LogP contribution is 2.22. The molecule has 2 heterocycles. The Kier molecular flexibility index (Phi) is 3.77. The Balaban J connectivity index is 1.81.